The molecule has 1 rings (SSSR count). The maximum absolute atomic E-state index is 9.75. The molecule has 3 N–H and O–H groups in total. The first-order chi connectivity index (χ1) is 7.41. The summed E-state index contributed by atoms with van der Waals surface area (Å²) in [7, 11) is 0. The van der Waals surface area contributed by atoms with Crippen LogP contribution in [0.4, 0.5) is 0 Å². The Morgan fingerprint density at radius 3 is 2.62 bits per heavy atom. The number of nitrogens with one attached hydrogen (secondary N) is 2. The van der Waals surface area contributed by atoms with Gasteiger partial charge in [0.15, 0.2) is 0 Å². The molecular weight excluding hydrogens is 200 g/mol. The highest BCUT2D eigenvalue weighted by Crippen LogP contribution is 2.22. The van der Waals surface area contributed by atoms with E-state index in [4.69, 9.17) is 0 Å². The lowest BCUT2D eigenvalue weighted by molar-refractivity contribution is 0.334. The van der Waals surface area contributed by atoms with E-state index in [1.54, 1.807) is 0 Å². The molecule has 1 aliphatic rings. The second-order valence-electron chi connectivity index (χ2n) is 5.59. The molecule has 0 saturated heterocycles. The first-order valence-electron chi connectivity index (χ1n) is 6.33. The first kappa shape index (κ1) is 13.5. The summed E-state index contributed by atoms with van der Waals surface area (Å²) >= 11 is 0. The molecule has 0 aromatic rings. The van der Waals surface area contributed by atoms with Gasteiger partial charge < -0.3 is 10.4 Å². The Bertz CT molecular complexity index is 246. The van der Waals surface area contributed by atoms with Crippen molar-refractivity contribution in [3.05, 3.63) is 11.8 Å². The standard InChI is InChI=1S/C13H26N2O/c1-10(2)14-8-6-5-7-11-12(16)9-13(3,4)15-11/h9-11,14-16H,5-8H2,1-4H3/t11-/m1/s1. The van der Waals surface area contributed by atoms with Crippen LogP contribution in [0.25, 0.3) is 0 Å². The Morgan fingerprint density at radius 1 is 1.44 bits per heavy atom. The Kier molecular flexibility index (Phi) is 4.81. The normalized spacial score (nSPS) is 23.8. The van der Waals surface area contributed by atoms with Gasteiger partial charge in [-0.1, -0.05) is 20.3 Å². The Morgan fingerprint density at radius 2 is 2.12 bits per heavy atom. The fraction of sp³-hybridized carbons (Fsp3) is 0.846. The van der Waals surface area contributed by atoms with Crippen LogP contribution in [0.1, 0.15) is 47.0 Å². The van der Waals surface area contributed by atoms with E-state index in [1.807, 2.05) is 6.08 Å². The SMILES string of the molecule is CC(C)NCCCC[C@H]1NC(C)(C)C=C1O. The molecule has 0 aromatic heterocycles. The van der Waals surface area contributed by atoms with Gasteiger partial charge in [0.1, 0.15) is 5.76 Å². The van der Waals surface area contributed by atoms with E-state index in [-0.39, 0.29) is 11.6 Å². The number of aliphatic hydroxyl groups is 1. The minimum Gasteiger partial charge on any atom is -0.511 e. The largest absolute Gasteiger partial charge is 0.511 e. The third-order valence-corrected chi connectivity index (χ3v) is 2.88. The molecule has 0 aromatic carbocycles. The summed E-state index contributed by atoms with van der Waals surface area (Å²) in [6.07, 6.45) is 5.25. The van der Waals surface area contributed by atoms with Crippen LogP contribution in [-0.2, 0) is 0 Å². The highest BCUT2D eigenvalue weighted by molar-refractivity contribution is 5.19. The molecule has 1 atom stereocenters. The van der Waals surface area contributed by atoms with Crippen molar-refractivity contribution in [1.82, 2.24) is 10.6 Å². The molecule has 0 amide bonds. The van der Waals surface area contributed by atoms with E-state index in [1.165, 1.54) is 6.42 Å². The van der Waals surface area contributed by atoms with Gasteiger partial charge in [-0.3, -0.25) is 5.32 Å². The lowest BCUT2D eigenvalue weighted by atomic mass is 10.1. The fourth-order valence-corrected chi connectivity index (χ4v) is 2.12. The quantitative estimate of drug-likeness (QED) is 0.609. The van der Waals surface area contributed by atoms with Crippen molar-refractivity contribution in [2.45, 2.75) is 64.6 Å². The van der Waals surface area contributed by atoms with E-state index < -0.39 is 0 Å². The summed E-state index contributed by atoms with van der Waals surface area (Å²) in [4.78, 5) is 0. The molecule has 0 radical (unpaired) electrons. The minimum absolute atomic E-state index is 0.0507. The molecule has 0 aliphatic carbocycles. The maximum Gasteiger partial charge on any atom is 0.107 e. The second-order valence-corrected chi connectivity index (χ2v) is 5.59. The zero-order valence-electron chi connectivity index (χ0n) is 11.0. The van der Waals surface area contributed by atoms with Crippen molar-refractivity contribution in [1.29, 1.82) is 0 Å². The van der Waals surface area contributed by atoms with Gasteiger partial charge in [-0.2, -0.15) is 0 Å². The summed E-state index contributed by atoms with van der Waals surface area (Å²) in [5.41, 5.74) is -0.0507. The van der Waals surface area contributed by atoms with E-state index in [2.05, 4.69) is 38.3 Å². The van der Waals surface area contributed by atoms with Crippen LogP contribution < -0.4 is 10.6 Å². The third kappa shape index (κ3) is 4.54. The van der Waals surface area contributed by atoms with Gasteiger partial charge in [0.05, 0.1) is 6.04 Å². The van der Waals surface area contributed by atoms with Crippen LogP contribution in [0.3, 0.4) is 0 Å². The van der Waals surface area contributed by atoms with Crippen molar-refractivity contribution in [3.8, 4) is 0 Å². The monoisotopic (exact) mass is 226 g/mol. The van der Waals surface area contributed by atoms with Crippen LogP contribution in [0, 0.1) is 0 Å². The highest BCUT2D eigenvalue weighted by Gasteiger charge is 2.29. The molecule has 94 valence electrons. The van der Waals surface area contributed by atoms with Crippen LogP contribution in [0.5, 0.6) is 0 Å². The van der Waals surface area contributed by atoms with Crippen molar-refractivity contribution in [2.75, 3.05) is 6.54 Å². The number of unbranched alkanes of at least 4 members (excludes halogenated alkanes) is 1. The molecular formula is C13H26N2O. The van der Waals surface area contributed by atoms with Crippen molar-refractivity contribution >= 4 is 0 Å². The average molecular weight is 226 g/mol. The molecule has 16 heavy (non-hydrogen) atoms. The smallest absolute Gasteiger partial charge is 0.107 e. The number of rotatable bonds is 6. The third-order valence-electron chi connectivity index (χ3n) is 2.88. The van der Waals surface area contributed by atoms with Gasteiger partial charge in [0, 0.05) is 11.6 Å². The zero-order chi connectivity index (χ0) is 12.2. The van der Waals surface area contributed by atoms with Crippen LogP contribution in [-0.4, -0.2) is 29.3 Å². The van der Waals surface area contributed by atoms with E-state index >= 15 is 0 Å². The Balaban J connectivity index is 2.13. The predicted molar refractivity (Wildman–Crippen MR) is 68.7 cm³/mol. The fourth-order valence-electron chi connectivity index (χ4n) is 2.12. The summed E-state index contributed by atoms with van der Waals surface area (Å²) in [6.45, 7) is 9.57. The Hall–Kier alpha value is -0.540. The van der Waals surface area contributed by atoms with Crippen molar-refractivity contribution in [2.24, 2.45) is 0 Å². The van der Waals surface area contributed by atoms with Gasteiger partial charge in [0.2, 0.25) is 0 Å². The van der Waals surface area contributed by atoms with Gasteiger partial charge in [-0.05, 0) is 39.3 Å². The van der Waals surface area contributed by atoms with Gasteiger partial charge in [-0.15, -0.1) is 0 Å². The van der Waals surface area contributed by atoms with Crippen LogP contribution in [0.15, 0.2) is 11.8 Å². The van der Waals surface area contributed by atoms with E-state index in [0.29, 0.717) is 11.8 Å². The molecule has 1 heterocycles. The first-order valence-corrected chi connectivity index (χ1v) is 6.33. The van der Waals surface area contributed by atoms with Gasteiger partial charge >= 0.3 is 0 Å². The molecule has 0 bridgehead atoms. The summed E-state index contributed by atoms with van der Waals surface area (Å²) in [5.74, 6) is 0.516. The lowest BCUT2D eigenvalue weighted by Gasteiger charge is -2.20. The van der Waals surface area contributed by atoms with Gasteiger partial charge in [0.25, 0.3) is 0 Å². The van der Waals surface area contributed by atoms with Crippen molar-refractivity contribution in [3.63, 3.8) is 0 Å². The number of aliphatic hydroxyl groups excluding tert-OH is 1. The highest BCUT2D eigenvalue weighted by atomic mass is 16.3. The van der Waals surface area contributed by atoms with Crippen LogP contribution >= 0.6 is 0 Å². The number of hydrogen-bond donors (Lipinski definition) is 3. The van der Waals surface area contributed by atoms with E-state index in [0.717, 1.165) is 19.4 Å². The topological polar surface area (TPSA) is 44.3 Å². The molecule has 3 nitrogen and oxygen atoms in total. The maximum atomic E-state index is 9.75. The number of hydrogen-bond acceptors (Lipinski definition) is 3. The second kappa shape index (κ2) is 5.69. The lowest BCUT2D eigenvalue weighted by Crippen LogP contribution is -2.39. The summed E-state index contributed by atoms with van der Waals surface area (Å²) < 4.78 is 0. The average Bonchev–Trinajstić information content (AvgIpc) is 2.38. The molecule has 0 unspecified atom stereocenters. The molecule has 0 fully saturated rings. The molecule has 3 heteroatoms. The molecule has 0 spiro atoms. The van der Waals surface area contributed by atoms with Crippen LogP contribution in [0.2, 0.25) is 0 Å². The Labute approximate surface area is 99.3 Å². The van der Waals surface area contributed by atoms with Crippen molar-refractivity contribution < 1.29 is 5.11 Å². The summed E-state index contributed by atoms with van der Waals surface area (Å²) in [6, 6.07) is 0.728. The molecule has 0 saturated carbocycles. The van der Waals surface area contributed by atoms with E-state index in [9.17, 15) is 5.11 Å². The summed E-state index contributed by atoms with van der Waals surface area (Å²) in [5, 5.41) is 16.6. The van der Waals surface area contributed by atoms with Gasteiger partial charge in [-0.25, -0.2) is 0 Å². The predicted octanol–water partition coefficient (Wildman–Crippen LogP) is 2.35. The molecule has 1 aliphatic heterocycles. The minimum atomic E-state index is -0.0507. The zero-order valence-corrected chi connectivity index (χ0v) is 11.0.